The SMILES string of the molecule is CN(Cc1nc(COc2ccccc2)nn1-c1cccnc1)C1CCCC1. The molecule has 0 spiro atoms. The monoisotopic (exact) mass is 363 g/mol. The highest BCUT2D eigenvalue weighted by molar-refractivity contribution is 5.28. The molecule has 1 aliphatic carbocycles. The van der Waals surface area contributed by atoms with Gasteiger partial charge in [-0.3, -0.25) is 9.88 Å². The first-order chi connectivity index (χ1) is 13.3. The van der Waals surface area contributed by atoms with Crippen molar-refractivity contribution in [3.8, 4) is 11.4 Å². The van der Waals surface area contributed by atoms with E-state index in [2.05, 4.69) is 22.0 Å². The third-order valence-electron chi connectivity index (χ3n) is 5.06. The third-order valence-corrected chi connectivity index (χ3v) is 5.06. The van der Waals surface area contributed by atoms with Gasteiger partial charge in [0, 0.05) is 12.2 Å². The molecule has 1 aromatic carbocycles. The zero-order valence-corrected chi connectivity index (χ0v) is 15.7. The van der Waals surface area contributed by atoms with Gasteiger partial charge in [0.2, 0.25) is 0 Å². The molecule has 2 heterocycles. The van der Waals surface area contributed by atoms with Crippen LogP contribution in [0, 0.1) is 0 Å². The van der Waals surface area contributed by atoms with Gasteiger partial charge >= 0.3 is 0 Å². The molecule has 0 unspecified atom stereocenters. The number of benzene rings is 1. The standard InChI is InChI=1S/C21H25N5O/c1-25(17-8-5-6-9-17)15-21-23-20(16-27-19-11-3-2-4-12-19)24-26(21)18-10-7-13-22-14-18/h2-4,7,10-14,17H,5-6,8-9,15-16H2,1H3. The Bertz CT molecular complexity index is 844. The summed E-state index contributed by atoms with van der Waals surface area (Å²) < 4.78 is 7.72. The van der Waals surface area contributed by atoms with E-state index in [0.29, 0.717) is 18.5 Å². The van der Waals surface area contributed by atoms with Crippen molar-refractivity contribution in [3.05, 3.63) is 66.5 Å². The van der Waals surface area contributed by atoms with Crippen molar-refractivity contribution in [1.82, 2.24) is 24.6 Å². The first-order valence-corrected chi connectivity index (χ1v) is 9.53. The molecule has 0 saturated heterocycles. The zero-order valence-electron chi connectivity index (χ0n) is 15.7. The van der Waals surface area contributed by atoms with Gasteiger partial charge in [-0.25, -0.2) is 9.67 Å². The lowest BCUT2D eigenvalue weighted by molar-refractivity contribution is 0.230. The van der Waals surface area contributed by atoms with Crippen molar-refractivity contribution >= 4 is 0 Å². The van der Waals surface area contributed by atoms with Gasteiger partial charge in [0.15, 0.2) is 5.82 Å². The third kappa shape index (κ3) is 4.34. The van der Waals surface area contributed by atoms with Crippen molar-refractivity contribution in [3.63, 3.8) is 0 Å². The topological polar surface area (TPSA) is 56.1 Å². The zero-order chi connectivity index (χ0) is 18.5. The maximum absolute atomic E-state index is 5.83. The minimum Gasteiger partial charge on any atom is -0.486 e. The summed E-state index contributed by atoms with van der Waals surface area (Å²) in [4.78, 5) is 11.4. The van der Waals surface area contributed by atoms with Crippen LogP contribution in [0.25, 0.3) is 5.69 Å². The normalized spacial score (nSPS) is 14.7. The molecule has 0 N–H and O–H groups in total. The van der Waals surface area contributed by atoms with Crippen LogP contribution in [0.15, 0.2) is 54.9 Å². The number of hydrogen-bond donors (Lipinski definition) is 0. The Morgan fingerprint density at radius 2 is 1.93 bits per heavy atom. The summed E-state index contributed by atoms with van der Waals surface area (Å²) in [7, 11) is 2.18. The lowest BCUT2D eigenvalue weighted by atomic mass is 10.2. The number of nitrogens with zero attached hydrogens (tertiary/aromatic N) is 5. The van der Waals surface area contributed by atoms with Crippen LogP contribution in [0.4, 0.5) is 0 Å². The Labute approximate surface area is 159 Å². The molecule has 0 amide bonds. The molecular weight excluding hydrogens is 338 g/mol. The molecule has 6 heteroatoms. The van der Waals surface area contributed by atoms with E-state index in [-0.39, 0.29) is 0 Å². The summed E-state index contributed by atoms with van der Waals surface area (Å²) >= 11 is 0. The number of rotatable bonds is 7. The number of aromatic nitrogens is 4. The predicted molar refractivity (Wildman–Crippen MR) is 104 cm³/mol. The lowest BCUT2D eigenvalue weighted by Crippen LogP contribution is -2.29. The van der Waals surface area contributed by atoms with Crippen molar-refractivity contribution in [2.24, 2.45) is 0 Å². The first-order valence-electron chi connectivity index (χ1n) is 9.53. The second-order valence-electron chi connectivity index (χ2n) is 7.02. The fraction of sp³-hybridized carbons (Fsp3) is 0.381. The summed E-state index contributed by atoms with van der Waals surface area (Å²) in [5, 5.41) is 4.69. The molecule has 1 fully saturated rings. The highest BCUT2D eigenvalue weighted by Crippen LogP contribution is 2.24. The number of hydrogen-bond acceptors (Lipinski definition) is 5. The number of ether oxygens (including phenoxy) is 1. The van der Waals surface area contributed by atoms with Crippen molar-refractivity contribution in [1.29, 1.82) is 0 Å². The van der Waals surface area contributed by atoms with Gasteiger partial charge < -0.3 is 4.74 Å². The Morgan fingerprint density at radius 1 is 1.11 bits per heavy atom. The van der Waals surface area contributed by atoms with Crippen molar-refractivity contribution in [2.45, 2.75) is 44.9 Å². The van der Waals surface area contributed by atoms with E-state index in [9.17, 15) is 0 Å². The highest BCUT2D eigenvalue weighted by atomic mass is 16.5. The molecule has 0 atom stereocenters. The van der Waals surface area contributed by atoms with E-state index < -0.39 is 0 Å². The molecule has 140 valence electrons. The summed E-state index contributed by atoms with van der Waals surface area (Å²) in [5.74, 6) is 2.42. The van der Waals surface area contributed by atoms with E-state index in [0.717, 1.165) is 23.8 Å². The minimum absolute atomic E-state index is 0.345. The summed E-state index contributed by atoms with van der Waals surface area (Å²) in [5.41, 5.74) is 0.922. The largest absolute Gasteiger partial charge is 0.486 e. The van der Waals surface area contributed by atoms with E-state index in [1.165, 1.54) is 25.7 Å². The van der Waals surface area contributed by atoms with E-state index >= 15 is 0 Å². The van der Waals surface area contributed by atoms with Crippen LogP contribution in [0.3, 0.4) is 0 Å². The highest BCUT2D eigenvalue weighted by Gasteiger charge is 2.22. The summed E-state index contributed by atoms with van der Waals surface area (Å²) in [6.07, 6.45) is 8.75. The first kappa shape index (κ1) is 17.7. The Kier molecular flexibility index (Phi) is 5.44. The molecule has 0 aliphatic heterocycles. The Morgan fingerprint density at radius 3 is 2.67 bits per heavy atom. The van der Waals surface area contributed by atoms with Crippen LogP contribution >= 0.6 is 0 Å². The van der Waals surface area contributed by atoms with Crippen LogP contribution in [0.2, 0.25) is 0 Å². The van der Waals surface area contributed by atoms with Gasteiger partial charge in [-0.2, -0.15) is 0 Å². The second-order valence-corrected chi connectivity index (χ2v) is 7.02. The second kappa shape index (κ2) is 8.31. The van der Waals surface area contributed by atoms with Gasteiger partial charge in [-0.15, -0.1) is 5.10 Å². The van der Waals surface area contributed by atoms with Crippen LogP contribution in [-0.2, 0) is 13.2 Å². The smallest absolute Gasteiger partial charge is 0.188 e. The molecular formula is C21H25N5O. The predicted octanol–water partition coefficient (Wildman–Crippen LogP) is 3.62. The van der Waals surface area contributed by atoms with Crippen LogP contribution < -0.4 is 4.74 Å². The van der Waals surface area contributed by atoms with Crippen LogP contribution in [-0.4, -0.2) is 37.7 Å². The molecule has 0 bridgehead atoms. The molecule has 1 saturated carbocycles. The van der Waals surface area contributed by atoms with Crippen LogP contribution in [0.5, 0.6) is 5.75 Å². The van der Waals surface area contributed by atoms with E-state index in [1.807, 2.05) is 53.3 Å². The number of pyridine rings is 1. The Hall–Kier alpha value is -2.73. The number of para-hydroxylation sites is 1. The van der Waals surface area contributed by atoms with Gasteiger partial charge in [-0.1, -0.05) is 31.0 Å². The van der Waals surface area contributed by atoms with Crippen molar-refractivity contribution in [2.75, 3.05) is 7.05 Å². The minimum atomic E-state index is 0.345. The lowest BCUT2D eigenvalue weighted by Gasteiger charge is -2.23. The molecule has 0 radical (unpaired) electrons. The van der Waals surface area contributed by atoms with Crippen LogP contribution in [0.1, 0.15) is 37.3 Å². The average molecular weight is 363 g/mol. The summed E-state index contributed by atoms with van der Waals surface area (Å²) in [6.45, 7) is 1.11. The quantitative estimate of drug-likeness (QED) is 0.642. The fourth-order valence-corrected chi connectivity index (χ4v) is 3.60. The maximum Gasteiger partial charge on any atom is 0.188 e. The fourth-order valence-electron chi connectivity index (χ4n) is 3.60. The van der Waals surface area contributed by atoms with Crippen molar-refractivity contribution < 1.29 is 4.74 Å². The summed E-state index contributed by atoms with van der Waals surface area (Å²) in [6, 6.07) is 14.3. The van der Waals surface area contributed by atoms with Gasteiger partial charge in [0.05, 0.1) is 18.4 Å². The maximum atomic E-state index is 5.83. The molecule has 1 aliphatic rings. The molecule has 3 aromatic rings. The molecule has 4 rings (SSSR count). The molecule has 27 heavy (non-hydrogen) atoms. The van der Waals surface area contributed by atoms with E-state index in [1.54, 1.807) is 6.20 Å². The Balaban J connectivity index is 1.55. The van der Waals surface area contributed by atoms with Gasteiger partial charge in [0.25, 0.3) is 0 Å². The van der Waals surface area contributed by atoms with Gasteiger partial charge in [-0.05, 0) is 44.2 Å². The molecule has 6 nitrogen and oxygen atoms in total. The average Bonchev–Trinajstić information content (AvgIpc) is 3.38. The van der Waals surface area contributed by atoms with Gasteiger partial charge in [0.1, 0.15) is 18.2 Å². The van der Waals surface area contributed by atoms with E-state index in [4.69, 9.17) is 9.72 Å². The molecule has 2 aromatic heterocycles.